The van der Waals surface area contributed by atoms with Crippen molar-refractivity contribution < 1.29 is 17.9 Å². The second kappa shape index (κ2) is 5.74. The number of rotatable bonds is 4. The van der Waals surface area contributed by atoms with Crippen molar-refractivity contribution in [3.8, 4) is 0 Å². The van der Waals surface area contributed by atoms with Crippen molar-refractivity contribution in [1.82, 2.24) is 0 Å². The number of hydrogen-bond donors (Lipinski definition) is 0. The van der Waals surface area contributed by atoms with E-state index < -0.39 is 15.8 Å². The van der Waals surface area contributed by atoms with E-state index in [2.05, 4.69) is 4.74 Å². The zero-order valence-corrected chi connectivity index (χ0v) is 12.8. The molecule has 106 valence electrons. The Hall–Kier alpha value is -1.36. The molecule has 0 amide bonds. The standard InChI is InChI=1S/C14H20O4S/c1-6-9(2)11-7-10(3)12(14(15)18-4)8-13(11)19(5,16)17/h7-9H,6H2,1-5H3. The van der Waals surface area contributed by atoms with Gasteiger partial charge in [-0.25, -0.2) is 13.2 Å². The minimum atomic E-state index is -3.38. The van der Waals surface area contributed by atoms with Crippen molar-refractivity contribution in [2.24, 2.45) is 0 Å². The highest BCUT2D eigenvalue weighted by Crippen LogP contribution is 2.29. The van der Waals surface area contributed by atoms with Gasteiger partial charge in [-0.15, -0.1) is 0 Å². The summed E-state index contributed by atoms with van der Waals surface area (Å²) in [5.74, 6) is -0.395. The fraction of sp³-hybridized carbons (Fsp3) is 0.500. The smallest absolute Gasteiger partial charge is 0.338 e. The van der Waals surface area contributed by atoms with Crippen LogP contribution in [0.1, 0.15) is 47.7 Å². The molecule has 1 aromatic rings. The van der Waals surface area contributed by atoms with Crippen molar-refractivity contribution >= 4 is 15.8 Å². The van der Waals surface area contributed by atoms with Gasteiger partial charge >= 0.3 is 5.97 Å². The second-order valence-electron chi connectivity index (χ2n) is 4.78. The number of hydrogen-bond acceptors (Lipinski definition) is 4. The maximum atomic E-state index is 11.9. The summed E-state index contributed by atoms with van der Waals surface area (Å²) in [6.45, 7) is 5.76. The largest absolute Gasteiger partial charge is 0.465 e. The van der Waals surface area contributed by atoms with Crippen molar-refractivity contribution in [3.05, 3.63) is 28.8 Å². The van der Waals surface area contributed by atoms with Gasteiger partial charge in [0.25, 0.3) is 0 Å². The molecule has 4 nitrogen and oxygen atoms in total. The summed E-state index contributed by atoms with van der Waals surface area (Å²) in [5, 5.41) is 0. The first kappa shape index (κ1) is 15.7. The number of sulfone groups is 1. The van der Waals surface area contributed by atoms with Crippen LogP contribution in [0, 0.1) is 6.92 Å². The lowest BCUT2D eigenvalue weighted by molar-refractivity contribution is 0.0599. The fourth-order valence-corrected chi connectivity index (χ4v) is 2.99. The van der Waals surface area contributed by atoms with E-state index in [1.54, 1.807) is 13.0 Å². The van der Waals surface area contributed by atoms with Crippen LogP contribution in [0.2, 0.25) is 0 Å². The van der Waals surface area contributed by atoms with E-state index in [0.29, 0.717) is 5.56 Å². The highest BCUT2D eigenvalue weighted by molar-refractivity contribution is 7.90. The molecular formula is C14H20O4S. The van der Waals surface area contributed by atoms with Crippen LogP contribution in [-0.4, -0.2) is 27.8 Å². The third-order valence-corrected chi connectivity index (χ3v) is 4.46. The van der Waals surface area contributed by atoms with Gasteiger partial charge in [-0.1, -0.05) is 19.9 Å². The fourth-order valence-electron chi connectivity index (χ4n) is 1.97. The maximum absolute atomic E-state index is 11.9. The predicted molar refractivity (Wildman–Crippen MR) is 74.3 cm³/mol. The normalized spacial score (nSPS) is 13.1. The molecule has 0 saturated carbocycles. The molecular weight excluding hydrogens is 264 g/mol. The molecule has 1 atom stereocenters. The summed E-state index contributed by atoms with van der Waals surface area (Å²) in [4.78, 5) is 11.9. The molecule has 0 radical (unpaired) electrons. The van der Waals surface area contributed by atoms with Crippen molar-refractivity contribution in [3.63, 3.8) is 0 Å². The topological polar surface area (TPSA) is 60.4 Å². The van der Waals surface area contributed by atoms with E-state index in [0.717, 1.165) is 23.8 Å². The van der Waals surface area contributed by atoms with Gasteiger partial charge in [0.15, 0.2) is 9.84 Å². The average molecular weight is 284 g/mol. The molecule has 0 heterocycles. The Kier molecular flexibility index (Phi) is 4.74. The molecule has 1 rings (SSSR count). The summed E-state index contributed by atoms with van der Waals surface area (Å²) in [6.07, 6.45) is 1.99. The quantitative estimate of drug-likeness (QED) is 0.798. The van der Waals surface area contributed by atoms with Crippen LogP contribution >= 0.6 is 0 Å². The maximum Gasteiger partial charge on any atom is 0.338 e. The molecule has 0 N–H and O–H groups in total. The number of aryl methyl sites for hydroxylation is 1. The highest BCUT2D eigenvalue weighted by Gasteiger charge is 2.21. The van der Waals surface area contributed by atoms with Crippen LogP contribution in [0.3, 0.4) is 0 Å². The Morgan fingerprint density at radius 1 is 1.37 bits per heavy atom. The summed E-state index contributed by atoms with van der Waals surface area (Å²) < 4.78 is 28.5. The zero-order valence-electron chi connectivity index (χ0n) is 12.0. The van der Waals surface area contributed by atoms with Gasteiger partial charge < -0.3 is 4.74 Å². The van der Waals surface area contributed by atoms with E-state index in [4.69, 9.17) is 0 Å². The molecule has 5 heteroatoms. The van der Waals surface area contributed by atoms with Crippen LogP contribution in [0.5, 0.6) is 0 Å². The first-order valence-corrected chi connectivity index (χ1v) is 8.04. The van der Waals surface area contributed by atoms with Crippen LogP contribution in [0.25, 0.3) is 0 Å². The monoisotopic (exact) mass is 284 g/mol. The van der Waals surface area contributed by atoms with Crippen molar-refractivity contribution in [2.45, 2.75) is 38.0 Å². The molecule has 1 unspecified atom stereocenters. The van der Waals surface area contributed by atoms with Gasteiger partial charge in [0.2, 0.25) is 0 Å². The first-order chi connectivity index (χ1) is 8.72. The second-order valence-corrected chi connectivity index (χ2v) is 6.76. The lowest BCUT2D eigenvalue weighted by Gasteiger charge is -2.16. The number of benzene rings is 1. The number of methoxy groups -OCH3 is 1. The van der Waals surface area contributed by atoms with Gasteiger partial charge in [0.1, 0.15) is 0 Å². The number of ether oxygens (including phenoxy) is 1. The van der Waals surface area contributed by atoms with Crippen molar-refractivity contribution in [2.75, 3.05) is 13.4 Å². The molecule has 19 heavy (non-hydrogen) atoms. The van der Waals surface area contributed by atoms with E-state index in [-0.39, 0.29) is 10.8 Å². The summed E-state index contributed by atoms with van der Waals surface area (Å²) >= 11 is 0. The van der Waals surface area contributed by atoms with Gasteiger partial charge in [-0.2, -0.15) is 0 Å². The Morgan fingerprint density at radius 2 is 1.95 bits per heavy atom. The van der Waals surface area contributed by atoms with E-state index in [1.165, 1.54) is 13.2 Å². The molecule has 0 aliphatic carbocycles. The molecule has 1 aromatic carbocycles. The molecule has 0 fully saturated rings. The average Bonchev–Trinajstić information content (AvgIpc) is 2.35. The predicted octanol–water partition coefficient (Wildman–Crippen LogP) is 2.70. The molecule has 0 spiro atoms. The first-order valence-electron chi connectivity index (χ1n) is 6.15. The SMILES string of the molecule is CCC(C)c1cc(C)c(C(=O)OC)cc1S(C)(=O)=O. The van der Waals surface area contributed by atoms with Crippen molar-refractivity contribution in [1.29, 1.82) is 0 Å². The number of carbonyl (C=O) groups excluding carboxylic acids is 1. The van der Waals surface area contributed by atoms with Gasteiger partial charge in [0.05, 0.1) is 17.6 Å². The third kappa shape index (κ3) is 3.35. The molecule has 0 bridgehead atoms. The minimum Gasteiger partial charge on any atom is -0.465 e. The van der Waals surface area contributed by atoms with Crippen LogP contribution in [0.15, 0.2) is 17.0 Å². The Bertz CT molecular complexity index is 588. The van der Waals surface area contributed by atoms with E-state index in [1.807, 2.05) is 13.8 Å². The van der Waals surface area contributed by atoms with E-state index in [9.17, 15) is 13.2 Å². The molecule has 0 aliphatic heterocycles. The Balaban J connectivity index is 3.60. The van der Waals surface area contributed by atoms with Gasteiger partial charge in [-0.05, 0) is 36.5 Å². The number of esters is 1. The summed E-state index contributed by atoms with van der Waals surface area (Å²) in [5.41, 5.74) is 1.79. The zero-order chi connectivity index (χ0) is 14.8. The summed E-state index contributed by atoms with van der Waals surface area (Å²) in [7, 11) is -2.10. The van der Waals surface area contributed by atoms with Gasteiger partial charge in [-0.3, -0.25) is 0 Å². The minimum absolute atomic E-state index is 0.120. The Labute approximate surface area is 114 Å². The van der Waals surface area contributed by atoms with Crippen LogP contribution in [-0.2, 0) is 14.6 Å². The lowest BCUT2D eigenvalue weighted by atomic mass is 9.94. The van der Waals surface area contributed by atoms with Gasteiger partial charge in [0, 0.05) is 6.26 Å². The highest BCUT2D eigenvalue weighted by atomic mass is 32.2. The van der Waals surface area contributed by atoms with E-state index >= 15 is 0 Å². The molecule has 0 saturated heterocycles. The van der Waals surface area contributed by atoms with Crippen LogP contribution < -0.4 is 0 Å². The molecule has 0 aromatic heterocycles. The Morgan fingerprint density at radius 3 is 2.37 bits per heavy atom. The molecule has 0 aliphatic rings. The lowest BCUT2D eigenvalue weighted by Crippen LogP contribution is -2.11. The summed E-state index contributed by atoms with van der Waals surface area (Å²) in [6, 6.07) is 3.20. The number of carbonyl (C=O) groups is 1. The van der Waals surface area contributed by atoms with Crippen LogP contribution in [0.4, 0.5) is 0 Å². The third-order valence-electron chi connectivity index (χ3n) is 3.30.